The monoisotopic (exact) mass is 588 g/mol. The molecule has 1 aromatic heterocycles. The number of likely N-dealkylation sites (tertiary alicyclic amines) is 1. The third-order valence-electron chi connectivity index (χ3n) is 7.43. The van der Waals surface area contributed by atoms with Gasteiger partial charge in [0.15, 0.2) is 5.78 Å². The number of carboxylic acids is 1. The van der Waals surface area contributed by atoms with Crippen molar-refractivity contribution in [2.45, 2.75) is 24.4 Å². The lowest BCUT2D eigenvalue weighted by molar-refractivity contribution is -0.148. The smallest absolute Gasteiger partial charge is 0.330 e. The predicted octanol–water partition coefficient (Wildman–Crippen LogP) is 7.60. The van der Waals surface area contributed by atoms with Gasteiger partial charge in [-0.2, -0.15) is 0 Å². The minimum atomic E-state index is -1.83. The largest absolute Gasteiger partial charge is 0.479 e. The van der Waals surface area contributed by atoms with Crippen molar-refractivity contribution in [1.82, 2.24) is 4.90 Å². The SMILES string of the molecule is CC1(C(=O)O)C(c2cccs2)C(C(=O)c2cccc(Cl)c2)C(C=Cc2ccccc2)N1C(=O)Nc1ccc(F)cc1. The first kappa shape index (κ1) is 28.3. The van der Waals surface area contributed by atoms with Crippen LogP contribution in [0.1, 0.15) is 33.6 Å². The highest BCUT2D eigenvalue weighted by atomic mass is 35.5. The number of Topliss-reactive ketones (excluding diaryl/α,β-unsaturated/α-hetero) is 1. The zero-order valence-electron chi connectivity index (χ0n) is 21.9. The number of amides is 2. The van der Waals surface area contributed by atoms with Crippen LogP contribution in [0.2, 0.25) is 5.02 Å². The van der Waals surface area contributed by atoms with Gasteiger partial charge in [-0.1, -0.05) is 72.3 Å². The molecule has 1 fully saturated rings. The van der Waals surface area contributed by atoms with Gasteiger partial charge >= 0.3 is 12.0 Å². The quantitative estimate of drug-likeness (QED) is 0.218. The molecule has 208 valence electrons. The standard InChI is InChI=1S/C32H26ClFN2O4S/c1-32(30(38)39)28(26-11-6-18-41-26)27(29(37)21-9-5-10-22(33)19-21)25(17-12-20-7-3-2-4-8-20)36(32)31(40)35-24-15-13-23(34)14-16-24/h2-19,25,27-28H,1H3,(H,35,40)(H,38,39). The van der Waals surface area contributed by atoms with E-state index in [4.69, 9.17) is 11.6 Å². The molecular weight excluding hydrogens is 563 g/mol. The van der Waals surface area contributed by atoms with Gasteiger partial charge in [-0.3, -0.25) is 4.79 Å². The summed E-state index contributed by atoms with van der Waals surface area (Å²) in [7, 11) is 0. The van der Waals surface area contributed by atoms with Crippen LogP contribution in [0.15, 0.2) is 102 Å². The van der Waals surface area contributed by atoms with Crippen LogP contribution >= 0.6 is 22.9 Å². The summed E-state index contributed by atoms with van der Waals surface area (Å²) in [4.78, 5) is 43.4. The Morgan fingerprint density at radius 1 is 1.00 bits per heavy atom. The van der Waals surface area contributed by atoms with E-state index in [0.717, 1.165) is 5.56 Å². The second-order valence-corrected chi connectivity index (χ2v) is 11.3. The van der Waals surface area contributed by atoms with Crippen LogP contribution < -0.4 is 5.32 Å². The van der Waals surface area contributed by atoms with E-state index in [-0.39, 0.29) is 11.5 Å². The molecule has 5 rings (SSSR count). The van der Waals surface area contributed by atoms with Gasteiger partial charge in [0.25, 0.3) is 0 Å². The molecule has 4 aromatic rings. The molecule has 41 heavy (non-hydrogen) atoms. The molecule has 1 aliphatic heterocycles. The summed E-state index contributed by atoms with van der Waals surface area (Å²) in [6.45, 7) is 1.47. The van der Waals surface area contributed by atoms with Crippen molar-refractivity contribution in [3.8, 4) is 0 Å². The lowest BCUT2D eigenvalue weighted by Gasteiger charge is -2.36. The number of hydrogen-bond donors (Lipinski definition) is 2. The highest BCUT2D eigenvalue weighted by Crippen LogP contribution is 2.52. The zero-order valence-corrected chi connectivity index (χ0v) is 23.5. The summed E-state index contributed by atoms with van der Waals surface area (Å²) in [5.41, 5.74) is -0.417. The van der Waals surface area contributed by atoms with E-state index >= 15 is 0 Å². The molecule has 2 heterocycles. The first-order valence-electron chi connectivity index (χ1n) is 12.9. The minimum absolute atomic E-state index is 0.284. The molecule has 0 aliphatic carbocycles. The van der Waals surface area contributed by atoms with E-state index in [9.17, 15) is 23.9 Å². The van der Waals surface area contributed by atoms with Crippen molar-refractivity contribution in [2.75, 3.05) is 5.32 Å². The normalized spacial score (nSPS) is 22.1. The van der Waals surface area contributed by atoms with E-state index in [1.165, 1.54) is 47.4 Å². The zero-order chi connectivity index (χ0) is 29.1. The fourth-order valence-electron chi connectivity index (χ4n) is 5.51. The van der Waals surface area contributed by atoms with Crippen molar-refractivity contribution < 1.29 is 23.9 Å². The molecule has 1 saturated heterocycles. The highest BCUT2D eigenvalue weighted by molar-refractivity contribution is 7.10. The Labute approximate surface area is 245 Å². The Kier molecular flexibility index (Phi) is 8.06. The number of anilines is 1. The molecular formula is C32H26ClFN2O4S. The van der Waals surface area contributed by atoms with Crippen molar-refractivity contribution in [2.24, 2.45) is 5.92 Å². The van der Waals surface area contributed by atoms with Gasteiger partial charge in [-0.25, -0.2) is 14.0 Å². The number of aliphatic carboxylic acids is 1. The number of nitrogens with one attached hydrogen (secondary N) is 1. The maximum Gasteiger partial charge on any atom is 0.330 e. The Hall–Kier alpha value is -4.27. The second kappa shape index (κ2) is 11.7. The molecule has 2 N–H and O–H groups in total. The lowest BCUT2D eigenvalue weighted by atomic mass is 9.75. The van der Waals surface area contributed by atoms with Crippen LogP contribution in [-0.4, -0.2) is 39.4 Å². The Balaban J connectivity index is 1.70. The number of ketones is 1. The number of carbonyl (C=O) groups excluding carboxylic acids is 2. The highest BCUT2D eigenvalue weighted by Gasteiger charge is 2.64. The summed E-state index contributed by atoms with van der Waals surface area (Å²) < 4.78 is 13.6. The molecule has 0 radical (unpaired) electrons. The summed E-state index contributed by atoms with van der Waals surface area (Å²) in [6, 6.07) is 22.9. The van der Waals surface area contributed by atoms with Gasteiger partial charge < -0.3 is 15.3 Å². The number of nitrogens with zero attached hydrogens (tertiary/aromatic N) is 1. The third kappa shape index (κ3) is 5.53. The van der Waals surface area contributed by atoms with E-state index in [1.807, 2.05) is 35.7 Å². The summed E-state index contributed by atoms with van der Waals surface area (Å²) in [5, 5.41) is 15.7. The number of hydrogen-bond acceptors (Lipinski definition) is 4. The third-order valence-corrected chi connectivity index (χ3v) is 8.62. The van der Waals surface area contributed by atoms with Crippen molar-refractivity contribution in [3.05, 3.63) is 129 Å². The molecule has 4 atom stereocenters. The van der Waals surface area contributed by atoms with Crippen LogP contribution in [0.4, 0.5) is 14.9 Å². The second-order valence-electron chi connectivity index (χ2n) is 9.91. The van der Waals surface area contributed by atoms with Crippen LogP contribution in [0.25, 0.3) is 6.08 Å². The van der Waals surface area contributed by atoms with E-state index < -0.39 is 41.2 Å². The van der Waals surface area contributed by atoms with E-state index in [1.54, 1.807) is 48.6 Å². The molecule has 1 aliphatic rings. The summed E-state index contributed by atoms with van der Waals surface area (Å²) >= 11 is 7.57. The molecule has 4 unspecified atom stereocenters. The first-order chi connectivity index (χ1) is 19.7. The Bertz CT molecular complexity index is 1590. The summed E-state index contributed by atoms with van der Waals surface area (Å²) in [6.07, 6.45) is 3.49. The van der Waals surface area contributed by atoms with E-state index in [2.05, 4.69) is 5.32 Å². The minimum Gasteiger partial charge on any atom is -0.479 e. The van der Waals surface area contributed by atoms with Crippen molar-refractivity contribution in [3.63, 3.8) is 0 Å². The molecule has 0 spiro atoms. The fourth-order valence-corrected chi connectivity index (χ4v) is 6.69. The maximum atomic E-state index is 14.3. The number of urea groups is 1. The molecule has 2 amide bonds. The van der Waals surface area contributed by atoms with Crippen molar-refractivity contribution in [1.29, 1.82) is 0 Å². The molecule has 6 nitrogen and oxygen atoms in total. The van der Waals surface area contributed by atoms with Crippen LogP contribution in [-0.2, 0) is 4.79 Å². The molecule has 3 aromatic carbocycles. The van der Waals surface area contributed by atoms with Gasteiger partial charge in [0.2, 0.25) is 0 Å². The van der Waals surface area contributed by atoms with Crippen LogP contribution in [0.3, 0.4) is 0 Å². The average molecular weight is 589 g/mol. The van der Waals surface area contributed by atoms with E-state index in [0.29, 0.717) is 15.5 Å². The van der Waals surface area contributed by atoms with Crippen LogP contribution in [0.5, 0.6) is 0 Å². The number of benzene rings is 3. The number of halogens is 2. The summed E-state index contributed by atoms with van der Waals surface area (Å²) in [5.74, 6) is -3.93. The predicted molar refractivity (Wildman–Crippen MR) is 159 cm³/mol. The maximum absolute atomic E-state index is 14.3. The van der Waals surface area contributed by atoms with Gasteiger partial charge in [-0.15, -0.1) is 11.3 Å². The molecule has 0 bridgehead atoms. The Morgan fingerprint density at radius 3 is 2.37 bits per heavy atom. The number of rotatable bonds is 7. The van der Waals surface area contributed by atoms with Gasteiger partial charge in [-0.05, 0) is 60.3 Å². The van der Waals surface area contributed by atoms with Gasteiger partial charge in [0.05, 0.1) is 12.0 Å². The topological polar surface area (TPSA) is 86.7 Å². The van der Waals surface area contributed by atoms with Gasteiger partial charge in [0.1, 0.15) is 11.4 Å². The first-order valence-corrected chi connectivity index (χ1v) is 14.1. The molecule has 0 saturated carbocycles. The number of carboxylic acid groups (broad SMARTS) is 1. The van der Waals surface area contributed by atoms with Gasteiger partial charge in [0, 0.05) is 27.1 Å². The van der Waals surface area contributed by atoms with Crippen LogP contribution in [0, 0.1) is 11.7 Å². The fraction of sp³-hybridized carbons (Fsp3) is 0.156. The number of carbonyl (C=O) groups is 3. The lowest BCUT2D eigenvalue weighted by Crippen LogP contribution is -2.56. The number of thiophene rings is 1. The average Bonchev–Trinajstić information content (AvgIpc) is 3.58. The Morgan fingerprint density at radius 2 is 1.73 bits per heavy atom. The molecule has 9 heteroatoms. The van der Waals surface area contributed by atoms with Crippen molar-refractivity contribution >= 4 is 52.5 Å².